The highest BCUT2D eigenvalue weighted by atomic mass is 16.5. The molecule has 31 heavy (non-hydrogen) atoms. The van der Waals surface area contributed by atoms with Crippen molar-refractivity contribution in [1.29, 1.82) is 0 Å². The quantitative estimate of drug-likeness (QED) is 0.623. The van der Waals surface area contributed by atoms with Crippen LogP contribution in [0.25, 0.3) is 0 Å². The van der Waals surface area contributed by atoms with Gasteiger partial charge in [-0.25, -0.2) is 0 Å². The molecule has 0 unspecified atom stereocenters. The fourth-order valence-electron chi connectivity index (χ4n) is 3.60. The Hall–Kier alpha value is -2.61. The number of rotatable bonds is 7. The largest absolute Gasteiger partial charge is 0.484 e. The van der Waals surface area contributed by atoms with Crippen molar-refractivity contribution in [2.45, 2.75) is 40.2 Å². The van der Waals surface area contributed by atoms with Crippen molar-refractivity contribution in [3.8, 4) is 5.75 Å². The summed E-state index contributed by atoms with van der Waals surface area (Å²) in [4.78, 5) is 41.4. The van der Waals surface area contributed by atoms with Gasteiger partial charge < -0.3 is 24.8 Å². The van der Waals surface area contributed by atoms with Gasteiger partial charge in [-0.1, -0.05) is 6.07 Å². The molecule has 1 aliphatic heterocycles. The molecule has 1 aliphatic rings. The molecule has 1 aromatic carbocycles. The van der Waals surface area contributed by atoms with Crippen LogP contribution in [0.3, 0.4) is 0 Å². The number of carbonyl (C=O) groups excluding carboxylic acids is 3. The molecule has 0 radical (unpaired) electrons. The highest BCUT2D eigenvalue weighted by molar-refractivity contribution is 5.85. The van der Waals surface area contributed by atoms with E-state index < -0.39 is 0 Å². The normalized spacial score (nSPS) is 14.8. The van der Waals surface area contributed by atoms with Gasteiger partial charge in [0.1, 0.15) is 5.75 Å². The van der Waals surface area contributed by atoms with Crippen molar-refractivity contribution in [2.24, 2.45) is 0 Å². The minimum Gasteiger partial charge on any atom is -0.484 e. The number of nitrogens with zero attached hydrogens (tertiary/aromatic N) is 2. The molecule has 0 spiro atoms. The molecule has 1 heterocycles. The third kappa shape index (κ3) is 8.57. The van der Waals surface area contributed by atoms with Crippen molar-refractivity contribution in [3.05, 3.63) is 29.3 Å². The van der Waals surface area contributed by atoms with Crippen molar-refractivity contribution < 1.29 is 24.0 Å². The fraction of sp³-hybridized carbons (Fsp3) is 0.609. The van der Waals surface area contributed by atoms with Gasteiger partial charge in [-0.15, -0.1) is 0 Å². The molecule has 172 valence electrons. The third-order valence-corrected chi connectivity index (χ3v) is 5.10. The zero-order valence-corrected chi connectivity index (χ0v) is 19.7. The second-order valence-electron chi connectivity index (χ2n) is 9.47. The number of carbonyl (C=O) groups is 3. The van der Waals surface area contributed by atoms with Crippen LogP contribution >= 0.6 is 0 Å². The molecule has 1 aromatic rings. The summed E-state index contributed by atoms with van der Waals surface area (Å²) >= 11 is 0. The summed E-state index contributed by atoms with van der Waals surface area (Å²) in [5, 5.41) is 2.97. The van der Waals surface area contributed by atoms with Crippen LogP contribution in [0.15, 0.2) is 18.2 Å². The average molecular weight is 434 g/mol. The first-order chi connectivity index (χ1) is 14.4. The van der Waals surface area contributed by atoms with Crippen LogP contribution in [-0.4, -0.2) is 86.0 Å². The second-order valence-corrected chi connectivity index (χ2v) is 9.47. The minimum absolute atomic E-state index is 0.0227. The minimum atomic E-state index is -0.243. The van der Waals surface area contributed by atoms with Gasteiger partial charge in [0, 0.05) is 12.6 Å². The number of nitrogens with one attached hydrogen (secondary N) is 2. The third-order valence-electron chi connectivity index (χ3n) is 5.10. The Labute approximate surface area is 185 Å². The topological polar surface area (TPSA) is 83.4 Å². The molecule has 1 fully saturated rings. The van der Waals surface area contributed by atoms with Gasteiger partial charge in [0.15, 0.2) is 13.2 Å². The zero-order chi connectivity index (χ0) is 23.2. The van der Waals surface area contributed by atoms with Crippen LogP contribution in [0.4, 0.5) is 0 Å². The molecule has 2 rings (SSSR count). The summed E-state index contributed by atoms with van der Waals surface area (Å²) < 4.78 is 5.61. The highest BCUT2D eigenvalue weighted by Gasteiger charge is 2.27. The highest BCUT2D eigenvalue weighted by Crippen LogP contribution is 2.16. The van der Waals surface area contributed by atoms with Gasteiger partial charge in [0.2, 0.25) is 5.91 Å². The Bertz CT molecular complexity index is 775. The van der Waals surface area contributed by atoms with E-state index in [-0.39, 0.29) is 36.4 Å². The maximum Gasteiger partial charge on any atom is 0.275 e. The van der Waals surface area contributed by atoms with Crippen LogP contribution < -0.4 is 15.0 Å². The van der Waals surface area contributed by atoms with E-state index >= 15 is 0 Å². The molecule has 0 atom stereocenters. The molecule has 8 heteroatoms. The van der Waals surface area contributed by atoms with Gasteiger partial charge in [0.05, 0.1) is 32.7 Å². The van der Waals surface area contributed by atoms with Crippen LogP contribution in [-0.2, 0) is 14.4 Å². The maximum atomic E-state index is 12.6. The molecule has 1 saturated heterocycles. The van der Waals surface area contributed by atoms with E-state index in [1.807, 2.05) is 52.8 Å². The van der Waals surface area contributed by atoms with E-state index in [0.29, 0.717) is 25.4 Å². The molecule has 0 bridgehead atoms. The number of hydrogen-bond acceptors (Lipinski definition) is 4. The van der Waals surface area contributed by atoms with Crippen molar-refractivity contribution in [3.63, 3.8) is 0 Å². The first-order valence-electron chi connectivity index (χ1n) is 10.8. The Balaban J connectivity index is 1.73. The lowest BCUT2D eigenvalue weighted by Gasteiger charge is -2.33. The van der Waals surface area contributed by atoms with Gasteiger partial charge in [-0.2, -0.15) is 0 Å². The summed E-state index contributed by atoms with van der Waals surface area (Å²) in [5.74, 6) is 0.354. The Kier molecular flexibility index (Phi) is 8.44. The average Bonchev–Trinajstić information content (AvgIpc) is 2.64. The first kappa shape index (κ1) is 24.7. The Morgan fingerprint density at radius 3 is 2.23 bits per heavy atom. The zero-order valence-electron chi connectivity index (χ0n) is 19.7. The molecule has 8 nitrogen and oxygen atoms in total. The smallest absolute Gasteiger partial charge is 0.275 e. The lowest BCUT2D eigenvalue weighted by Crippen LogP contribution is -3.16. The van der Waals surface area contributed by atoms with Gasteiger partial charge in [-0.3, -0.25) is 14.4 Å². The Morgan fingerprint density at radius 2 is 1.68 bits per heavy atom. The Morgan fingerprint density at radius 1 is 1.10 bits per heavy atom. The first-order valence-corrected chi connectivity index (χ1v) is 10.8. The molecule has 0 saturated carbocycles. The number of amides is 3. The SMILES string of the molecule is Cc1cc(C)cc(OCC(=O)N(C)CC(=O)N2CC[NH+](CC(=O)NC(C)(C)C)CC2)c1. The van der Waals surface area contributed by atoms with E-state index in [0.717, 1.165) is 29.1 Å². The van der Waals surface area contributed by atoms with E-state index in [9.17, 15) is 14.4 Å². The predicted octanol–water partition coefficient (Wildman–Crippen LogP) is -0.218. The molecule has 0 aliphatic carbocycles. The number of hydrogen-bond donors (Lipinski definition) is 2. The van der Waals surface area contributed by atoms with Crippen LogP contribution in [0, 0.1) is 13.8 Å². The number of ether oxygens (including phenoxy) is 1. The van der Waals surface area contributed by atoms with E-state index in [2.05, 4.69) is 5.32 Å². The summed E-state index contributed by atoms with van der Waals surface area (Å²) in [5.41, 5.74) is 1.90. The second kappa shape index (κ2) is 10.6. The summed E-state index contributed by atoms with van der Waals surface area (Å²) in [6.07, 6.45) is 0. The van der Waals surface area contributed by atoms with Crippen LogP contribution in [0.5, 0.6) is 5.75 Å². The standard InChI is InChI=1S/C23H36N4O4/c1-17-11-18(2)13-19(12-17)31-16-22(30)25(6)15-21(29)27-9-7-26(8-10-27)14-20(28)24-23(3,4)5/h11-13H,7-10,14-16H2,1-6H3,(H,24,28)/p+1. The summed E-state index contributed by atoms with van der Waals surface area (Å²) in [6, 6.07) is 5.81. The van der Waals surface area contributed by atoms with Crippen LogP contribution in [0.2, 0.25) is 0 Å². The van der Waals surface area contributed by atoms with Crippen molar-refractivity contribution in [1.82, 2.24) is 15.1 Å². The summed E-state index contributed by atoms with van der Waals surface area (Å²) in [6.45, 7) is 12.8. The van der Waals surface area contributed by atoms with Crippen molar-refractivity contribution >= 4 is 17.7 Å². The molecule has 2 N–H and O–H groups in total. The monoisotopic (exact) mass is 433 g/mol. The van der Waals surface area contributed by atoms with E-state index in [4.69, 9.17) is 4.74 Å². The van der Waals surface area contributed by atoms with Gasteiger partial charge in [0.25, 0.3) is 11.8 Å². The lowest BCUT2D eigenvalue weighted by atomic mass is 10.1. The maximum absolute atomic E-state index is 12.6. The van der Waals surface area contributed by atoms with Crippen LogP contribution in [0.1, 0.15) is 31.9 Å². The predicted molar refractivity (Wildman–Crippen MR) is 119 cm³/mol. The number of benzene rings is 1. The van der Waals surface area contributed by atoms with E-state index in [1.54, 1.807) is 11.9 Å². The number of quaternary nitrogens is 1. The van der Waals surface area contributed by atoms with Gasteiger partial charge in [-0.05, 0) is 57.9 Å². The number of likely N-dealkylation sites (N-methyl/N-ethyl adjacent to an activating group) is 1. The molecular formula is C23H37N4O4+. The number of piperazine rings is 1. The fourth-order valence-corrected chi connectivity index (χ4v) is 3.60. The molecular weight excluding hydrogens is 396 g/mol. The van der Waals surface area contributed by atoms with Gasteiger partial charge >= 0.3 is 0 Å². The molecule has 3 amide bonds. The molecule has 0 aromatic heterocycles. The van der Waals surface area contributed by atoms with Crippen molar-refractivity contribution in [2.75, 3.05) is 52.9 Å². The summed E-state index contributed by atoms with van der Waals surface area (Å²) in [7, 11) is 1.61. The lowest BCUT2D eigenvalue weighted by molar-refractivity contribution is -0.896. The number of aryl methyl sites for hydroxylation is 2. The van der Waals surface area contributed by atoms with E-state index in [1.165, 1.54) is 4.90 Å².